The summed E-state index contributed by atoms with van der Waals surface area (Å²) in [6.45, 7) is 5.77. The fraction of sp³-hybridized carbons (Fsp3) is 0.222. The number of hydrogen-bond acceptors (Lipinski definition) is 3. The lowest BCUT2D eigenvalue weighted by molar-refractivity contribution is 0.572. The second kappa shape index (κ2) is 6.73. The van der Waals surface area contributed by atoms with Gasteiger partial charge in [0.2, 0.25) is 0 Å². The van der Waals surface area contributed by atoms with Crippen LogP contribution in [0, 0.1) is 25.5 Å². The Kier molecular flexibility index (Phi) is 4.66. The zero-order valence-electron chi connectivity index (χ0n) is 13.6. The van der Waals surface area contributed by atoms with Gasteiger partial charge < -0.3 is 0 Å². The van der Waals surface area contributed by atoms with E-state index in [1.54, 1.807) is 0 Å². The zero-order valence-corrected chi connectivity index (χ0v) is 14.4. The van der Waals surface area contributed by atoms with Gasteiger partial charge in [0.1, 0.15) is 17.5 Å². The Morgan fingerprint density at radius 2 is 1.79 bits per heavy atom. The molecule has 0 aliphatic carbocycles. The van der Waals surface area contributed by atoms with Crippen LogP contribution in [0.25, 0.3) is 5.69 Å². The van der Waals surface area contributed by atoms with Crippen LogP contribution >= 0.6 is 11.8 Å². The fourth-order valence-corrected chi connectivity index (χ4v) is 3.62. The first kappa shape index (κ1) is 16.6. The maximum absolute atomic E-state index is 14.0. The van der Waals surface area contributed by atoms with Crippen molar-refractivity contribution in [2.45, 2.75) is 31.2 Å². The molecule has 2 aromatic carbocycles. The molecule has 0 fully saturated rings. The number of rotatable bonds is 4. The van der Waals surface area contributed by atoms with Crippen molar-refractivity contribution in [1.82, 2.24) is 14.8 Å². The van der Waals surface area contributed by atoms with E-state index in [0.29, 0.717) is 10.7 Å². The van der Waals surface area contributed by atoms with Crippen molar-refractivity contribution >= 4 is 11.8 Å². The molecule has 0 N–H and O–H groups in total. The smallest absolute Gasteiger partial charge is 0.196 e. The van der Waals surface area contributed by atoms with Gasteiger partial charge in [-0.2, -0.15) is 0 Å². The maximum atomic E-state index is 14.0. The third-order valence-corrected chi connectivity index (χ3v) is 4.92. The van der Waals surface area contributed by atoms with E-state index in [2.05, 4.69) is 10.2 Å². The van der Waals surface area contributed by atoms with E-state index in [1.165, 1.54) is 23.9 Å². The van der Waals surface area contributed by atoms with Crippen LogP contribution in [0.1, 0.15) is 29.1 Å². The van der Waals surface area contributed by atoms with Crippen LogP contribution in [-0.2, 0) is 0 Å². The standard InChI is InChI=1S/C18H17F2N3S/c1-11-6-4-5-7-17(11)23-13(3)21-22-18(23)24-12(2)15-9-8-14(19)10-16(15)20/h4-10,12H,1-3H3. The lowest BCUT2D eigenvalue weighted by atomic mass is 10.1. The van der Waals surface area contributed by atoms with Gasteiger partial charge in [-0.3, -0.25) is 4.57 Å². The predicted molar refractivity (Wildman–Crippen MR) is 91.5 cm³/mol. The minimum absolute atomic E-state index is 0.225. The van der Waals surface area contributed by atoms with E-state index in [4.69, 9.17) is 0 Å². The van der Waals surface area contributed by atoms with Crippen LogP contribution in [0.4, 0.5) is 8.78 Å². The molecule has 0 spiro atoms. The van der Waals surface area contributed by atoms with Crippen molar-refractivity contribution in [2.75, 3.05) is 0 Å². The fourth-order valence-electron chi connectivity index (χ4n) is 2.56. The molecular weight excluding hydrogens is 328 g/mol. The van der Waals surface area contributed by atoms with Gasteiger partial charge in [-0.05, 0) is 38.5 Å². The van der Waals surface area contributed by atoms with E-state index in [1.807, 2.05) is 49.6 Å². The van der Waals surface area contributed by atoms with Crippen molar-refractivity contribution in [3.63, 3.8) is 0 Å². The summed E-state index contributed by atoms with van der Waals surface area (Å²) >= 11 is 1.39. The van der Waals surface area contributed by atoms with E-state index < -0.39 is 11.6 Å². The summed E-state index contributed by atoms with van der Waals surface area (Å²) < 4.78 is 29.1. The van der Waals surface area contributed by atoms with E-state index in [0.717, 1.165) is 23.1 Å². The van der Waals surface area contributed by atoms with Crippen LogP contribution in [0.3, 0.4) is 0 Å². The normalized spacial score (nSPS) is 12.4. The Hall–Kier alpha value is -2.21. The first-order valence-electron chi connectivity index (χ1n) is 7.57. The molecule has 1 unspecified atom stereocenters. The highest BCUT2D eigenvalue weighted by atomic mass is 32.2. The Morgan fingerprint density at radius 1 is 1.04 bits per heavy atom. The van der Waals surface area contributed by atoms with Crippen molar-refractivity contribution in [3.8, 4) is 5.69 Å². The monoisotopic (exact) mass is 345 g/mol. The highest BCUT2D eigenvalue weighted by molar-refractivity contribution is 7.99. The molecule has 6 heteroatoms. The number of para-hydroxylation sites is 1. The maximum Gasteiger partial charge on any atom is 0.196 e. The molecule has 1 aromatic heterocycles. The number of hydrogen-bond donors (Lipinski definition) is 0. The number of halogens is 2. The molecule has 3 aromatic rings. The van der Waals surface area contributed by atoms with Crippen molar-refractivity contribution in [2.24, 2.45) is 0 Å². The van der Waals surface area contributed by atoms with Crippen LogP contribution in [0.5, 0.6) is 0 Å². The van der Waals surface area contributed by atoms with E-state index in [-0.39, 0.29) is 5.25 Å². The molecular formula is C18H17F2N3S. The van der Waals surface area contributed by atoms with Crippen LogP contribution in [-0.4, -0.2) is 14.8 Å². The van der Waals surface area contributed by atoms with Gasteiger partial charge in [0, 0.05) is 16.9 Å². The molecule has 0 amide bonds. The molecule has 1 heterocycles. The second-order valence-corrected chi connectivity index (χ2v) is 6.89. The molecule has 0 saturated carbocycles. The lowest BCUT2D eigenvalue weighted by Crippen LogP contribution is -2.03. The zero-order chi connectivity index (χ0) is 17.3. The van der Waals surface area contributed by atoms with Crippen LogP contribution in [0.15, 0.2) is 47.6 Å². The molecule has 0 aliphatic heterocycles. The van der Waals surface area contributed by atoms with Gasteiger partial charge in [-0.1, -0.05) is 36.0 Å². The summed E-state index contributed by atoms with van der Waals surface area (Å²) in [4.78, 5) is 0. The molecule has 0 aliphatic rings. The van der Waals surface area contributed by atoms with Gasteiger partial charge in [-0.15, -0.1) is 10.2 Å². The molecule has 3 rings (SSSR count). The third-order valence-electron chi connectivity index (χ3n) is 3.83. The van der Waals surface area contributed by atoms with Gasteiger partial charge in [-0.25, -0.2) is 8.78 Å². The van der Waals surface area contributed by atoms with Crippen LogP contribution < -0.4 is 0 Å². The van der Waals surface area contributed by atoms with Gasteiger partial charge in [0.25, 0.3) is 0 Å². The highest BCUT2D eigenvalue weighted by Gasteiger charge is 2.19. The SMILES string of the molecule is Cc1ccccc1-n1c(C)nnc1SC(C)c1ccc(F)cc1F. The minimum atomic E-state index is -0.577. The number of benzene rings is 2. The van der Waals surface area contributed by atoms with Crippen molar-refractivity contribution < 1.29 is 8.78 Å². The Bertz CT molecular complexity index is 876. The molecule has 0 radical (unpaired) electrons. The summed E-state index contributed by atoms with van der Waals surface area (Å²) in [7, 11) is 0. The van der Waals surface area contributed by atoms with E-state index in [9.17, 15) is 8.78 Å². The molecule has 24 heavy (non-hydrogen) atoms. The summed E-state index contributed by atoms with van der Waals surface area (Å²) in [5.74, 6) is -0.361. The Balaban J connectivity index is 1.96. The first-order chi connectivity index (χ1) is 11.5. The van der Waals surface area contributed by atoms with Gasteiger partial charge in [0.15, 0.2) is 5.16 Å². The molecule has 0 saturated heterocycles. The van der Waals surface area contributed by atoms with E-state index >= 15 is 0 Å². The average molecular weight is 345 g/mol. The third kappa shape index (κ3) is 3.19. The molecule has 1 atom stereocenters. The quantitative estimate of drug-likeness (QED) is 0.622. The summed E-state index contributed by atoms with van der Waals surface area (Å²) in [6.07, 6.45) is 0. The molecule has 3 nitrogen and oxygen atoms in total. The highest BCUT2D eigenvalue weighted by Crippen LogP contribution is 2.36. The Labute approximate surface area is 143 Å². The van der Waals surface area contributed by atoms with Gasteiger partial charge in [0.05, 0.1) is 5.69 Å². The second-order valence-electron chi connectivity index (χ2n) is 5.58. The molecule has 124 valence electrons. The summed E-state index contributed by atoms with van der Waals surface area (Å²) in [5.41, 5.74) is 2.54. The Morgan fingerprint density at radius 3 is 2.50 bits per heavy atom. The minimum Gasteiger partial charge on any atom is -0.274 e. The molecule has 0 bridgehead atoms. The topological polar surface area (TPSA) is 30.7 Å². The lowest BCUT2D eigenvalue weighted by Gasteiger charge is -2.15. The number of nitrogens with zero attached hydrogens (tertiary/aromatic N) is 3. The first-order valence-corrected chi connectivity index (χ1v) is 8.45. The van der Waals surface area contributed by atoms with Crippen LogP contribution in [0.2, 0.25) is 0 Å². The number of aromatic nitrogens is 3. The largest absolute Gasteiger partial charge is 0.274 e. The summed E-state index contributed by atoms with van der Waals surface area (Å²) in [6, 6.07) is 11.6. The van der Waals surface area contributed by atoms with Crippen molar-refractivity contribution in [3.05, 3.63) is 71.1 Å². The van der Waals surface area contributed by atoms with Crippen molar-refractivity contribution in [1.29, 1.82) is 0 Å². The summed E-state index contributed by atoms with van der Waals surface area (Å²) in [5, 5.41) is 8.83. The van der Waals surface area contributed by atoms with Gasteiger partial charge >= 0.3 is 0 Å². The predicted octanol–water partition coefficient (Wildman–Crippen LogP) is 5.02. The number of thioether (sulfide) groups is 1. The number of aryl methyl sites for hydroxylation is 2. The average Bonchev–Trinajstić information content (AvgIpc) is 2.88.